The highest BCUT2D eigenvalue weighted by atomic mass is 19.3. The summed E-state index contributed by atoms with van der Waals surface area (Å²) in [7, 11) is 0. The summed E-state index contributed by atoms with van der Waals surface area (Å²) in [5.41, 5.74) is 1.25. The zero-order valence-electron chi connectivity index (χ0n) is 20.3. The molecule has 0 amide bonds. The summed E-state index contributed by atoms with van der Waals surface area (Å²) in [5.74, 6) is 2.71. The Kier molecular flexibility index (Phi) is 9.13. The van der Waals surface area contributed by atoms with Crippen molar-refractivity contribution in [1.82, 2.24) is 0 Å². The molecule has 0 aromatic heterocycles. The predicted molar refractivity (Wildman–Crippen MR) is 126 cm³/mol. The quantitative estimate of drug-likeness (QED) is 0.451. The molecular weight excluding hydrogens is 406 g/mol. The third-order valence-electron chi connectivity index (χ3n) is 8.12. The molecule has 1 aromatic rings. The minimum absolute atomic E-state index is 0.0826. The van der Waals surface area contributed by atoms with Crippen LogP contribution in [0.5, 0.6) is 5.75 Å². The molecule has 0 radical (unpaired) electrons. The Balaban J connectivity index is 0.00000141. The van der Waals surface area contributed by atoms with Crippen LogP contribution >= 0.6 is 0 Å². The maximum absolute atomic E-state index is 14.5. The molecule has 180 valence electrons. The first kappa shape index (κ1) is 25.2. The average Bonchev–Trinajstić information content (AvgIpc) is 2.82. The van der Waals surface area contributed by atoms with E-state index in [1.54, 1.807) is 12.1 Å². The molecule has 3 aliphatic rings. The second-order valence-corrected chi connectivity index (χ2v) is 10.2. The van der Waals surface area contributed by atoms with Crippen molar-refractivity contribution < 1.29 is 18.3 Å². The average molecular weight is 449 g/mol. The lowest BCUT2D eigenvalue weighted by atomic mass is 9.68. The molecule has 32 heavy (non-hydrogen) atoms. The largest absolute Gasteiger partial charge is 0.432 e. The number of alkyl halides is 2. The number of benzene rings is 1. The summed E-state index contributed by atoms with van der Waals surface area (Å²) in [4.78, 5) is 11.3. The van der Waals surface area contributed by atoms with Gasteiger partial charge in [-0.25, -0.2) is 0 Å². The van der Waals surface area contributed by atoms with Gasteiger partial charge in [0.2, 0.25) is 0 Å². The van der Waals surface area contributed by atoms with Gasteiger partial charge < -0.3 is 4.74 Å². The van der Waals surface area contributed by atoms with E-state index in [4.69, 9.17) is 4.74 Å². The first-order valence-corrected chi connectivity index (χ1v) is 13.1. The van der Waals surface area contributed by atoms with Gasteiger partial charge in [0.1, 0.15) is 11.5 Å². The maximum atomic E-state index is 14.5. The molecule has 0 spiro atoms. The van der Waals surface area contributed by atoms with Gasteiger partial charge in [0.15, 0.2) is 0 Å². The van der Waals surface area contributed by atoms with Gasteiger partial charge in [-0.15, -0.1) is 0 Å². The molecule has 4 rings (SSSR count). The van der Waals surface area contributed by atoms with Crippen LogP contribution in [0.25, 0.3) is 0 Å². The van der Waals surface area contributed by atoms with Crippen molar-refractivity contribution in [2.45, 2.75) is 110 Å². The van der Waals surface area contributed by atoms with Crippen molar-refractivity contribution >= 4 is 5.78 Å². The molecular formula is C28H42F2O2. The molecule has 4 heteroatoms. The molecule has 0 unspecified atom stereocenters. The van der Waals surface area contributed by atoms with Crippen LogP contribution in [0.3, 0.4) is 0 Å². The highest BCUT2D eigenvalue weighted by molar-refractivity contribution is 5.79. The molecule has 0 aliphatic heterocycles. The Labute approximate surface area is 193 Å². The third kappa shape index (κ3) is 6.54. The monoisotopic (exact) mass is 448 g/mol. The summed E-state index contributed by atoms with van der Waals surface area (Å²) in [6.45, 7) is 6.38. The van der Waals surface area contributed by atoms with Crippen LogP contribution in [-0.4, -0.2) is 11.9 Å². The van der Waals surface area contributed by atoms with Crippen LogP contribution in [0, 0.1) is 23.7 Å². The number of ether oxygens (including phenoxy) is 1. The number of hydrogen-bond donors (Lipinski definition) is 0. The van der Waals surface area contributed by atoms with E-state index in [0.29, 0.717) is 5.92 Å². The van der Waals surface area contributed by atoms with Crippen LogP contribution < -0.4 is 4.74 Å². The summed E-state index contributed by atoms with van der Waals surface area (Å²) in [6, 6.07) is 7.35. The lowest BCUT2D eigenvalue weighted by Crippen LogP contribution is -2.37. The van der Waals surface area contributed by atoms with Crippen LogP contribution in [0.2, 0.25) is 0 Å². The zero-order valence-corrected chi connectivity index (χ0v) is 20.3. The standard InChI is InChI=1S/C26H36F2O2.C2H6/c1-18-2-4-19(5-3-18)20-6-8-21(9-7-20)22-10-16-25(17-11-22)30-26(27,28)23-12-14-24(29)15-13-23;1-2/h10-11,16-21,23H,2-9,12-15H2,1H3;1-2H3. The van der Waals surface area contributed by atoms with Crippen molar-refractivity contribution in [3.05, 3.63) is 29.8 Å². The fraction of sp³-hybridized carbons (Fsp3) is 0.750. The minimum atomic E-state index is -3.21. The smallest absolute Gasteiger partial charge is 0.400 e. The fourth-order valence-electron chi connectivity index (χ4n) is 6.01. The summed E-state index contributed by atoms with van der Waals surface area (Å²) in [6.07, 6.45) is 8.35. The van der Waals surface area contributed by atoms with Crippen LogP contribution in [-0.2, 0) is 4.79 Å². The van der Waals surface area contributed by atoms with Crippen molar-refractivity contribution in [2.75, 3.05) is 0 Å². The molecule has 0 atom stereocenters. The van der Waals surface area contributed by atoms with E-state index in [1.165, 1.54) is 56.9 Å². The van der Waals surface area contributed by atoms with Gasteiger partial charge in [-0.3, -0.25) is 4.79 Å². The van der Waals surface area contributed by atoms with Crippen LogP contribution in [0.15, 0.2) is 24.3 Å². The van der Waals surface area contributed by atoms with Crippen molar-refractivity contribution in [1.29, 1.82) is 0 Å². The van der Waals surface area contributed by atoms with Gasteiger partial charge in [0.05, 0.1) is 5.92 Å². The Morgan fingerprint density at radius 2 is 1.28 bits per heavy atom. The van der Waals surface area contributed by atoms with Gasteiger partial charge in [-0.2, -0.15) is 8.78 Å². The summed E-state index contributed by atoms with van der Waals surface area (Å²) >= 11 is 0. The Hall–Kier alpha value is -1.45. The summed E-state index contributed by atoms with van der Waals surface area (Å²) in [5, 5.41) is 0. The highest BCUT2D eigenvalue weighted by Gasteiger charge is 2.43. The van der Waals surface area contributed by atoms with Gasteiger partial charge in [-0.05, 0) is 92.7 Å². The molecule has 0 saturated heterocycles. The SMILES string of the molecule is CC.CC1CCC(C2CCC(c3ccc(OC(F)(F)C4CCC(=O)CC4)cc3)CC2)CC1. The zero-order chi connectivity index (χ0) is 23.1. The number of Topliss-reactive ketones (excluding diaryl/α,β-unsaturated/α-hetero) is 1. The lowest BCUT2D eigenvalue weighted by Gasteiger charge is -2.37. The Bertz CT molecular complexity index is 689. The summed E-state index contributed by atoms with van der Waals surface area (Å²) < 4.78 is 34.1. The van der Waals surface area contributed by atoms with Crippen molar-refractivity contribution in [3.63, 3.8) is 0 Å². The first-order valence-electron chi connectivity index (χ1n) is 13.1. The normalized spacial score (nSPS) is 29.7. The number of ketones is 1. The van der Waals surface area contributed by atoms with Gasteiger partial charge in [-0.1, -0.05) is 45.7 Å². The van der Waals surface area contributed by atoms with Gasteiger partial charge in [0.25, 0.3) is 0 Å². The second-order valence-electron chi connectivity index (χ2n) is 10.2. The first-order chi connectivity index (χ1) is 15.4. The minimum Gasteiger partial charge on any atom is -0.432 e. The lowest BCUT2D eigenvalue weighted by molar-refractivity contribution is -0.221. The molecule has 3 fully saturated rings. The molecule has 3 aliphatic carbocycles. The Morgan fingerprint density at radius 1 is 0.781 bits per heavy atom. The van der Waals surface area contributed by atoms with E-state index in [1.807, 2.05) is 26.0 Å². The molecule has 3 saturated carbocycles. The van der Waals surface area contributed by atoms with E-state index < -0.39 is 12.0 Å². The number of hydrogen-bond acceptors (Lipinski definition) is 2. The number of carbonyl (C=O) groups is 1. The van der Waals surface area contributed by atoms with Gasteiger partial charge in [0, 0.05) is 12.8 Å². The molecule has 1 aromatic carbocycles. The predicted octanol–water partition coefficient (Wildman–Crippen LogP) is 8.54. The van der Waals surface area contributed by atoms with Crippen LogP contribution in [0.4, 0.5) is 8.78 Å². The number of carbonyl (C=O) groups excluding carboxylic acids is 1. The number of halogens is 2. The van der Waals surface area contributed by atoms with E-state index in [-0.39, 0.29) is 37.2 Å². The van der Waals surface area contributed by atoms with Crippen molar-refractivity contribution in [2.24, 2.45) is 23.7 Å². The third-order valence-corrected chi connectivity index (χ3v) is 8.12. The van der Waals surface area contributed by atoms with E-state index in [0.717, 1.165) is 17.8 Å². The topological polar surface area (TPSA) is 26.3 Å². The van der Waals surface area contributed by atoms with E-state index >= 15 is 0 Å². The van der Waals surface area contributed by atoms with Crippen LogP contribution in [0.1, 0.15) is 109 Å². The molecule has 2 nitrogen and oxygen atoms in total. The Morgan fingerprint density at radius 3 is 1.81 bits per heavy atom. The fourth-order valence-corrected chi connectivity index (χ4v) is 6.01. The maximum Gasteiger partial charge on any atom is 0.400 e. The molecule has 0 N–H and O–H groups in total. The highest BCUT2D eigenvalue weighted by Crippen LogP contribution is 2.44. The molecule has 0 heterocycles. The van der Waals surface area contributed by atoms with E-state index in [2.05, 4.69) is 6.92 Å². The van der Waals surface area contributed by atoms with E-state index in [9.17, 15) is 13.6 Å². The van der Waals surface area contributed by atoms with Gasteiger partial charge >= 0.3 is 6.11 Å². The second kappa shape index (κ2) is 11.6. The number of rotatable bonds is 5. The molecule has 0 bridgehead atoms. The van der Waals surface area contributed by atoms with Crippen molar-refractivity contribution in [3.8, 4) is 5.75 Å².